The molecule has 3 aromatic rings. The summed E-state index contributed by atoms with van der Waals surface area (Å²) in [7, 11) is -3.24. The fourth-order valence-electron chi connectivity index (χ4n) is 3.65. The molecule has 0 saturated heterocycles. The zero-order valence-electron chi connectivity index (χ0n) is 20.5. The molecule has 7 nitrogen and oxygen atoms in total. The molecule has 1 aromatic heterocycles. The van der Waals surface area contributed by atoms with Crippen molar-refractivity contribution in [3.8, 4) is 17.6 Å². The van der Waals surface area contributed by atoms with Crippen LogP contribution in [-0.4, -0.2) is 37.1 Å². The zero-order chi connectivity index (χ0) is 26.5. The van der Waals surface area contributed by atoms with Gasteiger partial charge >= 0.3 is 0 Å². The smallest absolute Gasteiger partial charge is 0.155 e. The third-order valence-electron chi connectivity index (χ3n) is 5.63. The van der Waals surface area contributed by atoms with E-state index in [9.17, 15) is 13.7 Å². The second-order valence-corrected chi connectivity index (χ2v) is 11.8. The van der Waals surface area contributed by atoms with Crippen LogP contribution in [0.25, 0.3) is 0 Å². The van der Waals surface area contributed by atoms with Gasteiger partial charge in [-0.1, -0.05) is 37.6 Å². The predicted molar refractivity (Wildman–Crippen MR) is 141 cm³/mol. The van der Waals surface area contributed by atoms with Gasteiger partial charge in [-0.15, -0.1) is 11.6 Å². The number of nitriles is 1. The van der Waals surface area contributed by atoms with E-state index in [0.717, 1.165) is 17.4 Å². The average molecular weight is 548 g/mol. The quantitative estimate of drug-likeness (QED) is 0.303. The van der Waals surface area contributed by atoms with Gasteiger partial charge in [0.15, 0.2) is 15.6 Å². The fraction of sp³-hybridized carbons (Fsp3) is 0.346. The molecule has 1 unspecified atom stereocenters. The van der Waals surface area contributed by atoms with E-state index in [1.165, 1.54) is 6.20 Å². The largest absolute Gasteiger partial charge is 0.489 e. The van der Waals surface area contributed by atoms with Crippen molar-refractivity contribution in [2.24, 2.45) is 0 Å². The topological polar surface area (TPSA) is 102 Å². The highest BCUT2D eigenvalue weighted by Gasteiger charge is 2.26. The molecule has 0 aliphatic carbocycles. The van der Waals surface area contributed by atoms with Gasteiger partial charge in [0.2, 0.25) is 0 Å². The third kappa shape index (κ3) is 6.88. The Morgan fingerprint density at radius 3 is 2.44 bits per heavy atom. The molecule has 0 fully saturated rings. The van der Waals surface area contributed by atoms with Crippen molar-refractivity contribution >= 4 is 33.0 Å². The number of rotatable bonds is 10. The molecule has 3 rings (SSSR count). The van der Waals surface area contributed by atoms with Gasteiger partial charge in [0.1, 0.15) is 36.1 Å². The lowest BCUT2D eigenvalue weighted by Gasteiger charge is -2.27. The Balaban J connectivity index is 1.80. The molecular weight excluding hydrogens is 521 g/mol. The summed E-state index contributed by atoms with van der Waals surface area (Å²) in [5, 5.41) is 9.97. The molecule has 36 heavy (non-hydrogen) atoms. The lowest BCUT2D eigenvalue weighted by atomic mass is 9.77. The molecule has 0 N–H and O–H groups in total. The Labute approximate surface area is 221 Å². The van der Waals surface area contributed by atoms with E-state index in [0.29, 0.717) is 33.7 Å². The fourth-order valence-corrected chi connectivity index (χ4v) is 4.61. The SMILES string of the molecule is CC(Oc1ccc(C(C)(C)c2cc(Cl)c(OCCCl)c(C#N)c2)cc1)c1ccnc(CS(C)(=O)=O)n1. The van der Waals surface area contributed by atoms with Crippen molar-refractivity contribution in [1.29, 1.82) is 5.26 Å². The Bertz CT molecular complexity index is 1370. The van der Waals surface area contributed by atoms with Gasteiger partial charge in [-0.05, 0) is 48.4 Å². The number of hydrogen-bond donors (Lipinski definition) is 0. The van der Waals surface area contributed by atoms with Crippen LogP contribution in [0, 0.1) is 11.3 Å². The predicted octanol–water partition coefficient (Wildman–Crippen LogP) is 5.63. The molecule has 2 aromatic carbocycles. The maximum absolute atomic E-state index is 11.6. The van der Waals surface area contributed by atoms with Gasteiger partial charge in [0.05, 0.1) is 22.2 Å². The summed E-state index contributed by atoms with van der Waals surface area (Å²) < 4.78 is 34.7. The molecule has 10 heteroatoms. The number of sulfone groups is 1. The molecule has 0 spiro atoms. The van der Waals surface area contributed by atoms with Crippen LogP contribution in [0.4, 0.5) is 0 Å². The van der Waals surface area contributed by atoms with Crippen LogP contribution in [0.1, 0.15) is 55.1 Å². The lowest BCUT2D eigenvalue weighted by Crippen LogP contribution is -2.19. The van der Waals surface area contributed by atoms with Gasteiger partial charge < -0.3 is 9.47 Å². The monoisotopic (exact) mass is 547 g/mol. The molecule has 190 valence electrons. The maximum Gasteiger partial charge on any atom is 0.155 e. The lowest BCUT2D eigenvalue weighted by molar-refractivity contribution is 0.221. The first-order valence-electron chi connectivity index (χ1n) is 11.1. The van der Waals surface area contributed by atoms with Crippen molar-refractivity contribution in [3.63, 3.8) is 0 Å². The Morgan fingerprint density at radius 2 is 1.83 bits per heavy atom. The highest BCUT2D eigenvalue weighted by Crippen LogP contribution is 2.38. The highest BCUT2D eigenvalue weighted by atomic mass is 35.5. The second kappa shape index (κ2) is 11.5. The summed E-state index contributed by atoms with van der Waals surface area (Å²) in [5.41, 5.74) is 2.34. The van der Waals surface area contributed by atoms with Crippen LogP contribution < -0.4 is 9.47 Å². The normalized spacial score (nSPS) is 12.6. The van der Waals surface area contributed by atoms with Crippen LogP contribution in [0.5, 0.6) is 11.5 Å². The third-order valence-corrected chi connectivity index (χ3v) is 6.85. The first-order chi connectivity index (χ1) is 16.9. The first kappa shape index (κ1) is 27.7. The summed E-state index contributed by atoms with van der Waals surface area (Å²) in [5.74, 6) is 1.26. The van der Waals surface area contributed by atoms with E-state index in [1.807, 2.05) is 51.1 Å². The zero-order valence-corrected chi connectivity index (χ0v) is 22.8. The molecule has 0 aliphatic rings. The van der Waals surface area contributed by atoms with Crippen molar-refractivity contribution in [3.05, 3.63) is 81.9 Å². The van der Waals surface area contributed by atoms with Crippen LogP contribution in [-0.2, 0) is 21.0 Å². The summed E-state index contributed by atoms with van der Waals surface area (Å²) in [6.07, 6.45) is 2.26. The van der Waals surface area contributed by atoms with E-state index in [-0.39, 0.29) is 18.2 Å². The van der Waals surface area contributed by atoms with Crippen molar-refractivity contribution < 1.29 is 17.9 Å². The number of alkyl halides is 1. The summed E-state index contributed by atoms with van der Waals surface area (Å²) in [6, 6.07) is 15.1. The van der Waals surface area contributed by atoms with Gasteiger partial charge in [-0.25, -0.2) is 18.4 Å². The van der Waals surface area contributed by atoms with Crippen molar-refractivity contribution in [1.82, 2.24) is 9.97 Å². The molecule has 0 saturated carbocycles. The van der Waals surface area contributed by atoms with Crippen molar-refractivity contribution in [2.75, 3.05) is 18.7 Å². The maximum atomic E-state index is 11.6. The number of halogens is 2. The van der Waals surface area contributed by atoms with Crippen LogP contribution >= 0.6 is 23.2 Å². The number of nitrogens with zero attached hydrogens (tertiary/aromatic N) is 3. The molecular formula is C26H27Cl2N3O4S. The molecule has 0 amide bonds. The standard InChI is InChI=1S/C26H27Cl2N3O4S/c1-17(23-9-11-30-24(31-23)16-36(4,32)33)35-21-7-5-19(6-8-21)26(2,3)20-13-18(15-29)25(22(28)14-20)34-12-10-27/h5-9,11,13-14,17H,10,12,16H2,1-4H3. The average Bonchev–Trinajstić information content (AvgIpc) is 2.82. The van der Waals surface area contributed by atoms with Gasteiger partial charge in [0, 0.05) is 17.9 Å². The van der Waals surface area contributed by atoms with Crippen LogP contribution in [0.15, 0.2) is 48.7 Å². The summed E-state index contributed by atoms with van der Waals surface area (Å²) in [6.45, 7) is 6.18. The minimum absolute atomic E-state index is 0.227. The first-order valence-corrected chi connectivity index (χ1v) is 14.1. The van der Waals surface area contributed by atoms with Gasteiger partial charge in [-0.3, -0.25) is 0 Å². The summed E-state index contributed by atoms with van der Waals surface area (Å²) >= 11 is 12.1. The Morgan fingerprint density at radius 1 is 1.14 bits per heavy atom. The molecule has 0 radical (unpaired) electrons. The minimum atomic E-state index is -3.24. The molecule has 1 atom stereocenters. The second-order valence-electron chi connectivity index (χ2n) is 8.86. The van der Waals surface area contributed by atoms with Gasteiger partial charge in [-0.2, -0.15) is 5.26 Å². The van der Waals surface area contributed by atoms with E-state index >= 15 is 0 Å². The Hall–Kier alpha value is -2.86. The molecule has 0 aliphatic heterocycles. The van der Waals surface area contributed by atoms with E-state index < -0.39 is 21.4 Å². The number of aromatic nitrogens is 2. The number of ether oxygens (including phenoxy) is 2. The van der Waals surface area contributed by atoms with E-state index in [1.54, 1.807) is 12.1 Å². The Kier molecular flexibility index (Phi) is 8.83. The summed E-state index contributed by atoms with van der Waals surface area (Å²) in [4.78, 5) is 8.36. The molecule has 1 heterocycles. The van der Waals surface area contributed by atoms with E-state index in [2.05, 4.69) is 16.0 Å². The highest BCUT2D eigenvalue weighted by molar-refractivity contribution is 7.89. The molecule has 0 bridgehead atoms. The van der Waals surface area contributed by atoms with Crippen LogP contribution in [0.2, 0.25) is 5.02 Å². The number of benzene rings is 2. The van der Waals surface area contributed by atoms with Gasteiger partial charge in [0.25, 0.3) is 0 Å². The van der Waals surface area contributed by atoms with Crippen molar-refractivity contribution in [2.45, 2.75) is 38.0 Å². The number of hydrogen-bond acceptors (Lipinski definition) is 7. The van der Waals surface area contributed by atoms with Crippen LogP contribution in [0.3, 0.4) is 0 Å². The van der Waals surface area contributed by atoms with E-state index in [4.69, 9.17) is 32.7 Å². The minimum Gasteiger partial charge on any atom is -0.489 e.